The van der Waals surface area contributed by atoms with Gasteiger partial charge in [-0.05, 0) is 35.6 Å². The van der Waals surface area contributed by atoms with Crippen LogP contribution in [-0.2, 0) is 0 Å². The monoisotopic (exact) mass is 295 g/mol. The van der Waals surface area contributed by atoms with E-state index in [0.29, 0.717) is 10.9 Å². The first-order chi connectivity index (χ1) is 9.08. The number of rotatable bonds is 5. The fourth-order valence-corrected chi connectivity index (χ4v) is 2.81. The molecule has 2 rings (SSSR count). The van der Waals surface area contributed by atoms with Gasteiger partial charge < -0.3 is 10.5 Å². The summed E-state index contributed by atoms with van der Waals surface area (Å²) < 4.78 is 6.06. The topological polar surface area (TPSA) is 35.2 Å². The molecular weight excluding hydrogens is 278 g/mol. The van der Waals surface area contributed by atoms with E-state index in [9.17, 15) is 0 Å². The molecule has 0 amide bonds. The molecule has 0 radical (unpaired) electrons. The van der Waals surface area contributed by atoms with Gasteiger partial charge in [0.2, 0.25) is 0 Å². The first-order valence-corrected chi connectivity index (χ1v) is 7.55. The normalized spacial score (nSPS) is 14.4. The SMILES string of the molecule is CC(C)C(N)C(Oc1cccc(Cl)c1)c1cccs1. The summed E-state index contributed by atoms with van der Waals surface area (Å²) in [6.45, 7) is 4.21. The molecule has 102 valence electrons. The van der Waals surface area contributed by atoms with Crippen LogP contribution >= 0.6 is 22.9 Å². The summed E-state index contributed by atoms with van der Waals surface area (Å²) in [6, 6.07) is 11.4. The summed E-state index contributed by atoms with van der Waals surface area (Å²) >= 11 is 7.65. The minimum absolute atomic E-state index is 0.0577. The second-order valence-corrected chi connectivity index (χ2v) is 6.25. The Morgan fingerprint density at radius 3 is 2.58 bits per heavy atom. The average molecular weight is 296 g/mol. The highest BCUT2D eigenvalue weighted by molar-refractivity contribution is 7.10. The number of thiophene rings is 1. The lowest BCUT2D eigenvalue weighted by atomic mass is 9.98. The van der Waals surface area contributed by atoms with Crippen molar-refractivity contribution in [2.45, 2.75) is 26.0 Å². The van der Waals surface area contributed by atoms with Crippen LogP contribution in [0.5, 0.6) is 5.75 Å². The van der Waals surface area contributed by atoms with Crippen molar-refractivity contribution in [2.75, 3.05) is 0 Å². The number of nitrogens with two attached hydrogens (primary N) is 1. The number of hydrogen-bond acceptors (Lipinski definition) is 3. The van der Waals surface area contributed by atoms with Gasteiger partial charge in [-0.1, -0.05) is 37.6 Å². The predicted octanol–water partition coefficient (Wildman–Crippen LogP) is 4.50. The molecule has 4 heteroatoms. The summed E-state index contributed by atoms with van der Waals surface area (Å²) in [4.78, 5) is 1.14. The van der Waals surface area contributed by atoms with Crippen LogP contribution in [0.1, 0.15) is 24.8 Å². The van der Waals surface area contributed by atoms with Crippen molar-refractivity contribution in [3.63, 3.8) is 0 Å². The van der Waals surface area contributed by atoms with Crippen molar-refractivity contribution in [3.05, 3.63) is 51.7 Å². The first-order valence-electron chi connectivity index (χ1n) is 6.29. The highest BCUT2D eigenvalue weighted by Crippen LogP contribution is 2.30. The molecule has 0 spiro atoms. The zero-order valence-corrected chi connectivity index (χ0v) is 12.6. The van der Waals surface area contributed by atoms with E-state index in [4.69, 9.17) is 22.1 Å². The largest absolute Gasteiger partial charge is 0.483 e. The van der Waals surface area contributed by atoms with E-state index in [1.807, 2.05) is 35.7 Å². The van der Waals surface area contributed by atoms with Crippen molar-refractivity contribution in [2.24, 2.45) is 11.7 Å². The standard InChI is InChI=1S/C15H18ClNOS/c1-10(2)14(17)15(13-7-4-8-19-13)18-12-6-3-5-11(16)9-12/h3-10,14-15H,17H2,1-2H3. The fourth-order valence-electron chi connectivity index (χ4n) is 1.82. The van der Waals surface area contributed by atoms with Crippen molar-refractivity contribution in [1.29, 1.82) is 0 Å². The van der Waals surface area contributed by atoms with Crippen molar-refractivity contribution in [1.82, 2.24) is 0 Å². The van der Waals surface area contributed by atoms with Gasteiger partial charge in [-0.3, -0.25) is 0 Å². The van der Waals surface area contributed by atoms with E-state index in [-0.39, 0.29) is 12.1 Å². The van der Waals surface area contributed by atoms with E-state index < -0.39 is 0 Å². The highest BCUT2D eigenvalue weighted by Gasteiger charge is 2.25. The molecule has 0 saturated heterocycles. The van der Waals surface area contributed by atoms with Crippen molar-refractivity contribution < 1.29 is 4.74 Å². The van der Waals surface area contributed by atoms with Gasteiger partial charge >= 0.3 is 0 Å². The summed E-state index contributed by atoms with van der Waals surface area (Å²) in [5.74, 6) is 1.09. The smallest absolute Gasteiger partial charge is 0.148 e. The van der Waals surface area contributed by atoms with E-state index in [2.05, 4.69) is 19.9 Å². The molecule has 2 nitrogen and oxygen atoms in total. The minimum atomic E-state index is -0.140. The molecule has 0 bridgehead atoms. The Bertz CT molecular complexity index is 513. The van der Waals surface area contributed by atoms with E-state index in [1.54, 1.807) is 11.3 Å². The van der Waals surface area contributed by atoms with Crippen LogP contribution in [0.4, 0.5) is 0 Å². The maximum Gasteiger partial charge on any atom is 0.148 e. The van der Waals surface area contributed by atoms with Gasteiger partial charge in [0.15, 0.2) is 0 Å². The second kappa shape index (κ2) is 6.42. The molecule has 0 aliphatic carbocycles. The molecule has 2 atom stereocenters. The molecule has 0 aliphatic rings. The van der Waals surface area contributed by atoms with Gasteiger partial charge in [-0.25, -0.2) is 0 Å². The Kier molecular flexibility index (Phi) is 4.86. The molecule has 2 aromatic rings. The third-order valence-electron chi connectivity index (χ3n) is 3.00. The summed E-state index contributed by atoms with van der Waals surface area (Å²) in [7, 11) is 0. The predicted molar refractivity (Wildman–Crippen MR) is 82.0 cm³/mol. The summed E-state index contributed by atoms with van der Waals surface area (Å²) in [5, 5.41) is 2.71. The van der Waals surface area contributed by atoms with Crippen LogP contribution in [0, 0.1) is 5.92 Å². The van der Waals surface area contributed by atoms with Gasteiger partial charge in [0.1, 0.15) is 11.9 Å². The first kappa shape index (κ1) is 14.4. The zero-order valence-electron chi connectivity index (χ0n) is 11.0. The van der Waals surface area contributed by atoms with Gasteiger partial charge in [0.25, 0.3) is 0 Å². The lowest BCUT2D eigenvalue weighted by Crippen LogP contribution is -2.36. The number of hydrogen-bond donors (Lipinski definition) is 1. The van der Waals surface area contributed by atoms with E-state index >= 15 is 0 Å². The Balaban J connectivity index is 2.23. The Labute approximate surface area is 123 Å². The zero-order chi connectivity index (χ0) is 13.8. The quantitative estimate of drug-likeness (QED) is 0.881. The van der Waals surface area contributed by atoms with Crippen LogP contribution in [0.2, 0.25) is 5.02 Å². The highest BCUT2D eigenvalue weighted by atomic mass is 35.5. The molecular formula is C15H18ClNOS. The maximum absolute atomic E-state index is 6.29. The summed E-state index contributed by atoms with van der Waals surface area (Å²) in [5.41, 5.74) is 6.29. The molecule has 0 saturated carbocycles. The molecule has 1 aromatic carbocycles. The third kappa shape index (κ3) is 3.72. The number of halogens is 1. The van der Waals surface area contributed by atoms with E-state index in [1.165, 1.54) is 0 Å². The number of ether oxygens (including phenoxy) is 1. The molecule has 0 fully saturated rings. The van der Waals surface area contributed by atoms with Gasteiger partial charge in [-0.15, -0.1) is 11.3 Å². The molecule has 1 heterocycles. The molecule has 1 aromatic heterocycles. The van der Waals surface area contributed by atoms with Crippen LogP contribution in [0.15, 0.2) is 41.8 Å². The third-order valence-corrected chi connectivity index (χ3v) is 4.17. The Hall–Kier alpha value is -1.03. The Morgan fingerprint density at radius 2 is 2.00 bits per heavy atom. The van der Waals surface area contributed by atoms with E-state index in [0.717, 1.165) is 10.6 Å². The van der Waals surface area contributed by atoms with Crippen molar-refractivity contribution in [3.8, 4) is 5.75 Å². The molecule has 2 N–H and O–H groups in total. The maximum atomic E-state index is 6.29. The number of benzene rings is 1. The average Bonchev–Trinajstić information content (AvgIpc) is 2.88. The Morgan fingerprint density at radius 1 is 1.21 bits per heavy atom. The van der Waals surface area contributed by atoms with Crippen molar-refractivity contribution >= 4 is 22.9 Å². The lowest BCUT2D eigenvalue weighted by Gasteiger charge is -2.27. The molecule has 0 aliphatic heterocycles. The van der Waals surface area contributed by atoms with Gasteiger partial charge in [0, 0.05) is 15.9 Å². The molecule has 19 heavy (non-hydrogen) atoms. The van der Waals surface area contributed by atoms with Crippen LogP contribution in [-0.4, -0.2) is 6.04 Å². The van der Waals surface area contributed by atoms with Gasteiger partial charge in [-0.2, -0.15) is 0 Å². The summed E-state index contributed by atoms with van der Waals surface area (Å²) in [6.07, 6.45) is -0.140. The lowest BCUT2D eigenvalue weighted by molar-refractivity contribution is 0.154. The fraction of sp³-hybridized carbons (Fsp3) is 0.333. The van der Waals surface area contributed by atoms with Gasteiger partial charge in [0.05, 0.1) is 0 Å². The minimum Gasteiger partial charge on any atom is -0.483 e. The van der Waals surface area contributed by atoms with Crippen LogP contribution < -0.4 is 10.5 Å². The molecule has 2 unspecified atom stereocenters. The van der Waals surface area contributed by atoms with Crippen LogP contribution in [0.3, 0.4) is 0 Å². The van der Waals surface area contributed by atoms with Crippen LogP contribution in [0.25, 0.3) is 0 Å². The second-order valence-electron chi connectivity index (χ2n) is 4.83.